The molecule has 1 aliphatic rings. The van der Waals surface area contributed by atoms with Gasteiger partial charge in [-0.3, -0.25) is 0 Å². The molecule has 0 atom stereocenters. The molecule has 0 aromatic heterocycles. The van der Waals surface area contributed by atoms with Gasteiger partial charge in [-0.05, 0) is 77.8 Å². The number of alkyl carbamates (subject to hydrolysis) is 1. The van der Waals surface area contributed by atoms with Crippen LogP contribution in [0.3, 0.4) is 0 Å². The van der Waals surface area contributed by atoms with Crippen molar-refractivity contribution in [2.45, 2.75) is 90.1 Å². The van der Waals surface area contributed by atoms with Crippen LogP contribution in [-0.4, -0.2) is 47.9 Å². The van der Waals surface area contributed by atoms with Gasteiger partial charge in [-0.1, -0.05) is 30.7 Å². The molecule has 6 nitrogen and oxygen atoms in total. The molecule has 0 saturated carbocycles. The Morgan fingerprint density at radius 2 is 1.60 bits per heavy atom. The maximum atomic E-state index is 12.4. The van der Waals surface area contributed by atoms with Gasteiger partial charge in [0.25, 0.3) is 0 Å². The minimum absolute atomic E-state index is 0.266. The Morgan fingerprint density at radius 1 is 1.03 bits per heavy atom. The van der Waals surface area contributed by atoms with Gasteiger partial charge in [-0.2, -0.15) is 0 Å². The van der Waals surface area contributed by atoms with E-state index in [2.05, 4.69) is 29.6 Å². The van der Waals surface area contributed by atoms with E-state index in [4.69, 9.17) is 19.3 Å². The highest BCUT2D eigenvalue weighted by Crippen LogP contribution is 2.28. The number of carbonyl (C=O) groups excluding carboxylic acids is 1. The quantitative estimate of drug-likeness (QED) is 0.579. The van der Waals surface area contributed by atoms with Crippen LogP contribution in [0.5, 0.6) is 0 Å². The van der Waals surface area contributed by atoms with Crippen LogP contribution >= 0.6 is 0 Å². The molecule has 1 aromatic carbocycles. The van der Waals surface area contributed by atoms with Crippen molar-refractivity contribution in [2.24, 2.45) is 0 Å². The third kappa shape index (κ3) is 8.62. The van der Waals surface area contributed by atoms with Gasteiger partial charge < -0.3 is 24.6 Å². The fourth-order valence-electron chi connectivity index (χ4n) is 3.38. The van der Waals surface area contributed by atoms with Crippen LogP contribution in [0.2, 0.25) is 0 Å². The second kappa shape index (κ2) is 10.6. The van der Waals surface area contributed by atoms with Gasteiger partial charge in [0, 0.05) is 6.61 Å². The largest absolute Gasteiger partial charge is 0.444 e. The molecule has 0 unspecified atom stereocenters. The number of benzene rings is 1. The van der Waals surface area contributed by atoms with E-state index >= 15 is 0 Å². The maximum absolute atomic E-state index is 12.4. The zero-order valence-corrected chi connectivity index (χ0v) is 19.3. The SMILES string of the molecule is CC(C)(C)OC(=O)NC1(CCc2ccc(CCCCCO)cc2)COC(C)(C)OC1. The third-order valence-electron chi connectivity index (χ3n) is 5.20. The van der Waals surface area contributed by atoms with Gasteiger partial charge in [-0.25, -0.2) is 4.79 Å². The second-order valence-corrected chi connectivity index (χ2v) is 9.74. The molecule has 30 heavy (non-hydrogen) atoms. The van der Waals surface area contributed by atoms with E-state index in [9.17, 15) is 4.79 Å². The van der Waals surface area contributed by atoms with Crippen molar-refractivity contribution in [3.05, 3.63) is 35.4 Å². The maximum Gasteiger partial charge on any atom is 0.408 e. The predicted molar refractivity (Wildman–Crippen MR) is 117 cm³/mol. The van der Waals surface area contributed by atoms with Gasteiger partial charge >= 0.3 is 6.09 Å². The Morgan fingerprint density at radius 3 is 2.13 bits per heavy atom. The van der Waals surface area contributed by atoms with Crippen LogP contribution in [0.15, 0.2) is 24.3 Å². The summed E-state index contributed by atoms with van der Waals surface area (Å²) >= 11 is 0. The average Bonchev–Trinajstić information content (AvgIpc) is 2.65. The summed E-state index contributed by atoms with van der Waals surface area (Å²) in [7, 11) is 0. The zero-order valence-electron chi connectivity index (χ0n) is 19.3. The average molecular weight is 422 g/mol. The minimum atomic E-state index is -0.656. The summed E-state index contributed by atoms with van der Waals surface area (Å²) in [6.45, 7) is 10.3. The highest BCUT2D eigenvalue weighted by Gasteiger charge is 2.41. The zero-order chi connectivity index (χ0) is 22.3. The van der Waals surface area contributed by atoms with E-state index in [0.29, 0.717) is 19.6 Å². The predicted octanol–water partition coefficient (Wildman–Crippen LogP) is 4.37. The summed E-state index contributed by atoms with van der Waals surface area (Å²) in [6.07, 6.45) is 5.08. The fourth-order valence-corrected chi connectivity index (χ4v) is 3.38. The smallest absolute Gasteiger partial charge is 0.408 e. The number of rotatable bonds is 9. The first kappa shape index (κ1) is 24.6. The molecule has 0 spiro atoms. The molecule has 6 heteroatoms. The molecule has 1 fully saturated rings. The molecule has 1 aromatic rings. The highest BCUT2D eigenvalue weighted by molar-refractivity contribution is 5.69. The molecule has 0 aliphatic carbocycles. The van der Waals surface area contributed by atoms with E-state index in [1.165, 1.54) is 11.1 Å². The van der Waals surface area contributed by atoms with E-state index < -0.39 is 23.0 Å². The summed E-state index contributed by atoms with van der Waals surface area (Å²) in [6, 6.07) is 8.63. The number of aryl methyl sites for hydroxylation is 2. The number of aliphatic hydroxyl groups is 1. The first-order valence-corrected chi connectivity index (χ1v) is 11.0. The van der Waals surface area contributed by atoms with Crippen molar-refractivity contribution in [2.75, 3.05) is 19.8 Å². The molecule has 1 amide bonds. The van der Waals surface area contributed by atoms with E-state index in [-0.39, 0.29) is 6.61 Å². The van der Waals surface area contributed by atoms with Crippen LogP contribution in [0.1, 0.15) is 71.4 Å². The molecule has 0 radical (unpaired) electrons. The van der Waals surface area contributed by atoms with Crippen molar-refractivity contribution in [3.8, 4) is 0 Å². The molecular weight excluding hydrogens is 382 g/mol. The molecule has 2 rings (SSSR count). The summed E-state index contributed by atoms with van der Waals surface area (Å²) in [5.74, 6) is -0.656. The van der Waals surface area contributed by atoms with Crippen molar-refractivity contribution in [3.63, 3.8) is 0 Å². The van der Waals surface area contributed by atoms with Crippen LogP contribution in [0, 0.1) is 0 Å². The van der Waals surface area contributed by atoms with Crippen molar-refractivity contribution in [1.29, 1.82) is 0 Å². The number of ether oxygens (including phenoxy) is 3. The van der Waals surface area contributed by atoms with Gasteiger partial charge in [-0.15, -0.1) is 0 Å². The number of hydrogen-bond acceptors (Lipinski definition) is 5. The summed E-state index contributed by atoms with van der Waals surface area (Å²) < 4.78 is 17.2. The van der Waals surface area contributed by atoms with Crippen LogP contribution in [0.25, 0.3) is 0 Å². The number of hydrogen-bond donors (Lipinski definition) is 2. The van der Waals surface area contributed by atoms with Crippen LogP contribution in [0.4, 0.5) is 4.79 Å². The Labute approximate surface area is 181 Å². The first-order valence-electron chi connectivity index (χ1n) is 11.0. The lowest BCUT2D eigenvalue weighted by molar-refractivity contribution is -0.271. The summed E-state index contributed by atoms with van der Waals surface area (Å²) in [5.41, 5.74) is 1.34. The lowest BCUT2D eigenvalue weighted by atomic mass is 9.91. The first-order chi connectivity index (χ1) is 14.0. The molecule has 170 valence electrons. The van der Waals surface area contributed by atoms with Crippen molar-refractivity contribution in [1.82, 2.24) is 5.32 Å². The molecule has 1 aliphatic heterocycles. The number of unbranched alkanes of at least 4 members (excludes halogenated alkanes) is 2. The fraction of sp³-hybridized carbons (Fsp3) is 0.708. The Balaban J connectivity index is 1.96. The second-order valence-electron chi connectivity index (χ2n) is 9.74. The van der Waals surface area contributed by atoms with E-state index in [1.54, 1.807) is 0 Å². The van der Waals surface area contributed by atoms with Crippen molar-refractivity contribution < 1.29 is 24.1 Å². The molecule has 2 N–H and O–H groups in total. The van der Waals surface area contributed by atoms with Gasteiger partial charge in [0.1, 0.15) is 5.60 Å². The van der Waals surface area contributed by atoms with Gasteiger partial charge in [0.15, 0.2) is 5.79 Å². The molecule has 1 saturated heterocycles. The molecular formula is C24H39NO5. The highest BCUT2D eigenvalue weighted by atomic mass is 16.7. The number of nitrogens with one attached hydrogen (secondary N) is 1. The third-order valence-corrected chi connectivity index (χ3v) is 5.20. The van der Waals surface area contributed by atoms with E-state index in [1.807, 2.05) is 34.6 Å². The van der Waals surface area contributed by atoms with Crippen molar-refractivity contribution >= 4 is 6.09 Å². The van der Waals surface area contributed by atoms with Crippen LogP contribution in [-0.2, 0) is 27.1 Å². The normalized spacial score (nSPS) is 18.1. The Hall–Kier alpha value is -1.63. The van der Waals surface area contributed by atoms with Gasteiger partial charge in [0.05, 0.1) is 18.8 Å². The number of aliphatic hydroxyl groups excluding tert-OH is 1. The lowest BCUT2D eigenvalue weighted by Crippen LogP contribution is -2.61. The Bertz CT molecular complexity index is 653. The monoisotopic (exact) mass is 421 g/mol. The van der Waals surface area contributed by atoms with Crippen LogP contribution < -0.4 is 5.32 Å². The summed E-state index contributed by atoms with van der Waals surface area (Å²) in [4.78, 5) is 12.4. The number of carbonyl (C=O) groups is 1. The number of amides is 1. The minimum Gasteiger partial charge on any atom is -0.444 e. The van der Waals surface area contributed by atoms with Gasteiger partial charge in [0.2, 0.25) is 0 Å². The standard InChI is InChI=1S/C24H39NO5/c1-22(2,3)30-21(27)25-24(17-28-23(4,5)29-18-24)15-14-20-12-10-19(11-13-20)9-7-6-8-16-26/h10-13,26H,6-9,14-18H2,1-5H3,(H,25,27). The molecule has 1 heterocycles. The Kier molecular flexibility index (Phi) is 8.71. The molecule has 0 bridgehead atoms. The lowest BCUT2D eigenvalue weighted by Gasteiger charge is -2.44. The topological polar surface area (TPSA) is 77.0 Å². The summed E-state index contributed by atoms with van der Waals surface area (Å²) in [5, 5.41) is 11.9. The van der Waals surface area contributed by atoms with E-state index in [0.717, 1.165) is 32.1 Å².